The Morgan fingerprint density at radius 3 is 2.62 bits per heavy atom. The molecule has 1 heterocycles. The van der Waals surface area contributed by atoms with E-state index in [1.807, 2.05) is 6.92 Å². The van der Waals surface area contributed by atoms with E-state index < -0.39 is 0 Å². The van der Waals surface area contributed by atoms with Crippen molar-refractivity contribution in [2.24, 2.45) is 11.8 Å². The molecule has 2 fully saturated rings. The van der Waals surface area contributed by atoms with Crippen LogP contribution in [0, 0.1) is 11.8 Å². The van der Waals surface area contributed by atoms with Gasteiger partial charge >= 0.3 is 5.97 Å². The summed E-state index contributed by atoms with van der Waals surface area (Å²) in [6, 6.07) is 0. The van der Waals surface area contributed by atoms with E-state index in [2.05, 4.69) is 0 Å². The van der Waals surface area contributed by atoms with Crippen LogP contribution in [-0.4, -0.2) is 12.1 Å². The molecule has 0 N–H and O–H groups in total. The van der Waals surface area contributed by atoms with Gasteiger partial charge in [0.1, 0.15) is 6.10 Å². The Kier molecular flexibility index (Phi) is 0.581. The van der Waals surface area contributed by atoms with Gasteiger partial charge < -0.3 is 4.74 Å². The largest absolute Gasteiger partial charge is 0.462 e. The normalized spacial score (nSPS) is 50.6. The predicted octanol–water partition coefficient (Wildman–Crippen LogP) is 0.568. The highest BCUT2D eigenvalue weighted by Crippen LogP contribution is 2.48. The second-order valence-corrected chi connectivity index (χ2v) is 2.65. The summed E-state index contributed by atoms with van der Waals surface area (Å²) in [4.78, 5) is 10.6. The third kappa shape index (κ3) is 0.358. The lowest BCUT2D eigenvalue weighted by Crippen LogP contribution is -2.07. The van der Waals surface area contributed by atoms with Gasteiger partial charge in [0.2, 0.25) is 0 Å². The third-order valence-corrected chi connectivity index (χ3v) is 2.05. The molecule has 0 bridgehead atoms. The first kappa shape index (κ1) is 4.36. The topological polar surface area (TPSA) is 26.3 Å². The van der Waals surface area contributed by atoms with Crippen molar-refractivity contribution < 1.29 is 9.53 Å². The number of rotatable bonds is 0. The van der Waals surface area contributed by atoms with Crippen LogP contribution in [0.5, 0.6) is 0 Å². The fourth-order valence-electron chi connectivity index (χ4n) is 1.36. The summed E-state index contributed by atoms with van der Waals surface area (Å²) in [5.41, 5.74) is 0. The summed E-state index contributed by atoms with van der Waals surface area (Å²) >= 11 is 0. The minimum absolute atomic E-state index is 0.0301. The lowest BCUT2D eigenvalue weighted by Gasteiger charge is -2.02. The van der Waals surface area contributed by atoms with Crippen LogP contribution in [0.3, 0.4) is 0 Å². The van der Waals surface area contributed by atoms with Gasteiger partial charge in [0, 0.05) is 5.92 Å². The number of fused-ring (bicyclic) bond motifs is 1. The van der Waals surface area contributed by atoms with Crippen molar-refractivity contribution in [3.05, 3.63) is 0 Å². The molecule has 2 nitrogen and oxygen atoms in total. The van der Waals surface area contributed by atoms with Gasteiger partial charge in [-0.15, -0.1) is 0 Å². The van der Waals surface area contributed by atoms with E-state index >= 15 is 0 Å². The molecule has 0 aromatic heterocycles. The Balaban J connectivity index is 2.19. The average Bonchev–Trinajstić information content (AvgIpc) is 2.35. The predicted molar refractivity (Wildman–Crippen MR) is 27.2 cm³/mol. The van der Waals surface area contributed by atoms with Crippen molar-refractivity contribution in [2.45, 2.75) is 19.4 Å². The monoisotopic (exact) mass is 112 g/mol. The van der Waals surface area contributed by atoms with Crippen LogP contribution in [0.1, 0.15) is 13.3 Å². The number of carbonyl (C=O) groups is 1. The van der Waals surface area contributed by atoms with Crippen LogP contribution in [0.25, 0.3) is 0 Å². The summed E-state index contributed by atoms with van der Waals surface area (Å²) in [5.74, 6) is 0.912. The van der Waals surface area contributed by atoms with E-state index in [9.17, 15) is 4.79 Å². The van der Waals surface area contributed by atoms with Crippen LogP contribution in [0.2, 0.25) is 0 Å². The molecule has 0 aromatic carbocycles. The molecule has 8 heavy (non-hydrogen) atoms. The van der Waals surface area contributed by atoms with Crippen LogP contribution in [0.15, 0.2) is 0 Å². The highest BCUT2D eigenvalue weighted by Gasteiger charge is 2.54. The molecule has 0 unspecified atom stereocenters. The minimum Gasteiger partial charge on any atom is -0.462 e. The molecule has 3 atom stereocenters. The van der Waals surface area contributed by atoms with Crippen LogP contribution in [-0.2, 0) is 9.53 Å². The molecule has 1 saturated heterocycles. The molecule has 0 aromatic rings. The van der Waals surface area contributed by atoms with Gasteiger partial charge in [0.05, 0.1) is 5.92 Å². The van der Waals surface area contributed by atoms with Gasteiger partial charge in [-0.3, -0.25) is 4.79 Å². The maximum Gasteiger partial charge on any atom is 0.309 e. The number of ether oxygens (including phenoxy) is 1. The molecular formula is C6H8O2. The highest BCUT2D eigenvalue weighted by molar-refractivity contribution is 5.78. The molecule has 0 amide bonds. The molecule has 1 aliphatic carbocycles. The molecule has 0 spiro atoms. The van der Waals surface area contributed by atoms with Gasteiger partial charge in [0.25, 0.3) is 0 Å². The summed E-state index contributed by atoms with van der Waals surface area (Å²) in [6.45, 7) is 1.97. The zero-order valence-electron chi connectivity index (χ0n) is 4.76. The molecular weight excluding hydrogens is 104 g/mol. The van der Waals surface area contributed by atoms with Crippen molar-refractivity contribution >= 4 is 5.97 Å². The van der Waals surface area contributed by atoms with E-state index in [0.29, 0.717) is 11.8 Å². The summed E-state index contributed by atoms with van der Waals surface area (Å²) < 4.78 is 4.88. The lowest BCUT2D eigenvalue weighted by molar-refractivity contribution is -0.144. The highest BCUT2D eigenvalue weighted by atomic mass is 16.6. The molecule has 2 heteroatoms. The van der Waals surface area contributed by atoms with E-state index in [-0.39, 0.29) is 12.1 Å². The summed E-state index contributed by atoms with van der Waals surface area (Å²) in [6.07, 6.45) is 1.30. The molecule has 2 aliphatic rings. The third-order valence-electron chi connectivity index (χ3n) is 2.05. The van der Waals surface area contributed by atoms with Gasteiger partial charge in [-0.05, 0) is 13.3 Å². The fourth-order valence-corrected chi connectivity index (χ4v) is 1.36. The van der Waals surface area contributed by atoms with Gasteiger partial charge in [-0.2, -0.15) is 0 Å². The van der Waals surface area contributed by atoms with Crippen molar-refractivity contribution in [3.63, 3.8) is 0 Å². The summed E-state index contributed by atoms with van der Waals surface area (Å²) in [5, 5.41) is 0. The molecule has 1 saturated carbocycles. The van der Waals surface area contributed by atoms with Crippen molar-refractivity contribution in [3.8, 4) is 0 Å². The standard InChI is InChI=1S/C6H8O2/c1-3-4-2-5(4)6(7)8-3/h3-5H,2H2,1H3/t3-,4+,5+/m1/s1. The SMILES string of the molecule is C[C@H]1OC(=O)[C@H]2C[C@H]21. The first-order valence-electron chi connectivity index (χ1n) is 2.99. The zero-order chi connectivity index (χ0) is 5.72. The van der Waals surface area contributed by atoms with E-state index in [4.69, 9.17) is 4.74 Å². The maximum atomic E-state index is 10.6. The Morgan fingerprint density at radius 1 is 1.75 bits per heavy atom. The van der Waals surface area contributed by atoms with E-state index in [1.54, 1.807) is 0 Å². The molecule has 1 aliphatic heterocycles. The van der Waals surface area contributed by atoms with Gasteiger partial charge in [-0.25, -0.2) is 0 Å². The first-order valence-corrected chi connectivity index (χ1v) is 2.99. The van der Waals surface area contributed by atoms with E-state index in [0.717, 1.165) is 6.42 Å². The quantitative estimate of drug-likeness (QED) is 0.428. The second-order valence-electron chi connectivity index (χ2n) is 2.65. The second kappa shape index (κ2) is 1.07. The van der Waals surface area contributed by atoms with Crippen molar-refractivity contribution in [2.75, 3.05) is 0 Å². The number of hydrogen-bond acceptors (Lipinski definition) is 2. The number of esters is 1. The van der Waals surface area contributed by atoms with Gasteiger partial charge in [0.15, 0.2) is 0 Å². The van der Waals surface area contributed by atoms with E-state index in [1.165, 1.54) is 0 Å². The van der Waals surface area contributed by atoms with Crippen LogP contribution < -0.4 is 0 Å². The van der Waals surface area contributed by atoms with Crippen molar-refractivity contribution in [1.82, 2.24) is 0 Å². The Bertz CT molecular complexity index is 141. The lowest BCUT2D eigenvalue weighted by atomic mass is 10.2. The molecule has 0 radical (unpaired) electrons. The van der Waals surface area contributed by atoms with Crippen molar-refractivity contribution in [1.29, 1.82) is 0 Å². The first-order chi connectivity index (χ1) is 3.79. The number of cyclic esters (lactones) is 1. The minimum atomic E-state index is 0.0301. The average molecular weight is 112 g/mol. The van der Waals surface area contributed by atoms with Crippen LogP contribution >= 0.6 is 0 Å². The fraction of sp³-hybridized carbons (Fsp3) is 0.833. The Hall–Kier alpha value is -0.530. The Morgan fingerprint density at radius 2 is 2.50 bits per heavy atom. The number of carbonyl (C=O) groups excluding carboxylic acids is 1. The molecule has 2 rings (SSSR count). The van der Waals surface area contributed by atoms with Crippen LogP contribution in [0.4, 0.5) is 0 Å². The molecule has 44 valence electrons. The Labute approximate surface area is 47.8 Å². The van der Waals surface area contributed by atoms with Gasteiger partial charge in [-0.1, -0.05) is 0 Å². The number of hydrogen-bond donors (Lipinski definition) is 0. The zero-order valence-corrected chi connectivity index (χ0v) is 4.76. The summed E-state index contributed by atoms with van der Waals surface area (Å²) in [7, 11) is 0. The maximum absolute atomic E-state index is 10.6. The smallest absolute Gasteiger partial charge is 0.309 e.